The van der Waals surface area contributed by atoms with Crippen molar-refractivity contribution in [1.82, 2.24) is 0 Å². The van der Waals surface area contributed by atoms with Crippen molar-refractivity contribution >= 4 is 5.97 Å². The summed E-state index contributed by atoms with van der Waals surface area (Å²) in [6.45, 7) is 1.08. The maximum absolute atomic E-state index is 9.00. The molecule has 0 aromatic carbocycles. The van der Waals surface area contributed by atoms with Gasteiger partial charge >= 0.3 is 0 Å². The molecule has 0 rings (SSSR count). The molecule has 1 radical (unpaired) electrons. The van der Waals surface area contributed by atoms with E-state index in [1.54, 1.807) is 0 Å². The molecule has 0 aliphatic heterocycles. The number of hydrogen-bond acceptors (Lipinski definition) is 1. The van der Waals surface area contributed by atoms with Crippen LogP contribution in [0.1, 0.15) is 6.92 Å². The Labute approximate surface area is 66.5 Å². The third-order valence-electron chi connectivity index (χ3n) is 0. The second kappa shape index (κ2) is 9.21. The minimum atomic E-state index is -0.833. The van der Waals surface area contributed by atoms with E-state index in [-0.39, 0.29) is 44.1 Å². The van der Waals surface area contributed by atoms with Gasteiger partial charge in [-0.25, -0.2) is 0 Å². The Morgan fingerprint density at radius 3 is 1.67 bits per heavy atom. The molecule has 0 heterocycles. The molecule has 0 atom stereocenters. The van der Waals surface area contributed by atoms with E-state index in [1.807, 2.05) is 0 Å². The van der Waals surface area contributed by atoms with Crippen molar-refractivity contribution in [3.63, 3.8) is 0 Å². The minimum absolute atomic E-state index is 0. The molecule has 0 aromatic rings. The zero-order valence-corrected chi connectivity index (χ0v) is 5.33. The molecule has 6 heavy (non-hydrogen) atoms. The van der Waals surface area contributed by atoms with E-state index < -0.39 is 5.97 Å². The summed E-state index contributed by atoms with van der Waals surface area (Å²) in [5.41, 5.74) is 0. The summed E-state index contributed by atoms with van der Waals surface area (Å²) in [4.78, 5) is 9.00. The molecule has 0 unspecified atom stereocenters. The molecule has 0 spiro atoms. The van der Waals surface area contributed by atoms with Crippen LogP contribution in [-0.4, -0.2) is 16.6 Å². The monoisotopic (exact) mass is 237 g/mol. The Balaban J connectivity index is -0.0000000450. The van der Waals surface area contributed by atoms with Gasteiger partial charge in [0.05, 0.1) is 0 Å². The molecule has 4 heteroatoms. The van der Waals surface area contributed by atoms with Crippen molar-refractivity contribution in [1.29, 1.82) is 0 Å². The van der Waals surface area contributed by atoms with Gasteiger partial charge in [0.25, 0.3) is 5.97 Å². The summed E-state index contributed by atoms with van der Waals surface area (Å²) < 4.78 is 0. The predicted molar refractivity (Wildman–Crippen MR) is 16.9 cm³/mol. The molecule has 41 valence electrons. The van der Waals surface area contributed by atoms with Crippen LogP contribution in [0, 0.1) is 38.6 Å². The fourth-order valence-corrected chi connectivity index (χ4v) is 0. The van der Waals surface area contributed by atoms with Crippen molar-refractivity contribution in [3.05, 3.63) is 0 Å². The van der Waals surface area contributed by atoms with E-state index in [0.717, 1.165) is 6.92 Å². The number of carbonyl (C=O) groups is 1. The summed E-state index contributed by atoms with van der Waals surface area (Å²) in [6.07, 6.45) is 0. The summed E-state index contributed by atoms with van der Waals surface area (Å²) in [5, 5.41) is 7.42. The SMILES string of the molecule is CC(=O)O.O.[Tb]. The topological polar surface area (TPSA) is 68.8 Å². The van der Waals surface area contributed by atoms with Gasteiger partial charge in [0.1, 0.15) is 0 Å². The Hall–Kier alpha value is 0.716. The van der Waals surface area contributed by atoms with E-state index in [9.17, 15) is 0 Å². The smallest absolute Gasteiger partial charge is 0.300 e. The quantitative estimate of drug-likeness (QED) is 0.603. The van der Waals surface area contributed by atoms with Gasteiger partial charge in [0.2, 0.25) is 0 Å². The molecule has 0 aliphatic rings. The average molecular weight is 237 g/mol. The first-order valence-electron chi connectivity index (χ1n) is 0.928. The Morgan fingerprint density at radius 2 is 1.67 bits per heavy atom. The zero-order valence-electron chi connectivity index (χ0n) is 3.19. The molecular formula is C2H6O3Tb. The predicted octanol–water partition coefficient (Wildman–Crippen LogP) is -0.734. The Bertz CT molecular complexity index is 31.8. The maximum Gasteiger partial charge on any atom is 0.300 e. The second-order valence-electron chi connectivity index (χ2n) is 0.519. The number of carboxylic acid groups (broad SMARTS) is 1. The van der Waals surface area contributed by atoms with E-state index in [2.05, 4.69) is 0 Å². The van der Waals surface area contributed by atoms with Crippen LogP contribution in [0.25, 0.3) is 0 Å². The van der Waals surface area contributed by atoms with Crippen molar-refractivity contribution in [3.8, 4) is 0 Å². The van der Waals surface area contributed by atoms with E-state index in [4.69, 9.17) is 9.90 Å². The van der Waals surface area contributed by atoms with E-state index in [1.165, 1.54) is 0 Å². The molecule has 0 saturated carbocycles. The summed E-state index contributed by atoms with van der Waals surface area (Å²) in [7, 11) is 0. The van der Waals surface area contributed by atoms with Gasteiger partial charge < -0.3 is 10.6 Å². The third kappa shape index (κ3) is 127. The standard InChI is InChI=1S/C2H4O2.H2O.Tb/c1-2(3)4;;/h1H3,(H,3,4);1H2;. The van der Waals surface area contributed by atoms with Crippen LogP contribution in [0.5, 0.6) is 0 Å². The molecule has 0 fully saturated rings. The van der Waals surface area contributed by atoms with Gasteiger partial charge in [-0.15, -0.1) is 0 Å². The Kier molecular flexibility index (Phi) is 24.4. The average Bonchev–Trinajstić information content (AvgIpc) is 0.811. The largest absolute Gasteiger partial charge is 0.481 e. The van der Waals surface area contributed by atoms with Crippen LogP contribution in [0.2, 0.25) is 0 Å². The number of carboxylic acids is 1. The molecule has 0 aromatic heterocycles. The van der Waals surface area contributed by atoms with Crippen LogP contribution >= 0.6 is 0 Å². The van der Waals surface area contributed by atoms with Crippen LogP contribution in [0.15, 0.2) is 0 Å². The molecule has 0 bridgehead atoms. The van der Waals surface area contributed by atoms with Crippen LogP contribution in [-0.2, 0) is 4.79 Å². The first-order valence-corrected chi connectivity index (χ1v) is 0.928. The molecule has 0 amide bonds. The van der Waals surface area contributed by atoms with Gasteiger partial charge in [-0.05, 0) is 0 Å². The number of rotatable bonds is 0. The molecular weight excluding hydrogens is 231 g/mol. The minimum Gasteiger partial charge on any atom is -0.481 e. The molecule has 3 N–H and O–H groups in total. The number of hydrogen-bond donors (Lipinski definition) is 1. The fourth-order valence-electron chi connectivity index (χ4n) is 0. The van der Waals surface area contributed by atoms with Gasteiger partial charge in [0, 0.05) is 45.5 Å². The summed E-state index contributed by atoms with van der Waals surface area (Å²) in [6, 6.07) is 0. The third-order valence-corrected chi connectivity index (χ3v) is 0. The molecule has 0 aliphatic carbocycles. The first-order chi connectivity index (χ1) is 1.73. The summed E-state index contributed by atoms with van der Waals surface area (Å²) >= 11 is 0. The Morgan fingerprint density at radius 1 is 1.67 bits per heavy atom. The molecule has 3 nitrogen and oxygen atoms in total. The summed E-state index contributed by atoms with van der Waals surface area (Å²) in [5.74, 6) is -0.833. The molecule has 0 saturated heterocycles. The van der Waals surface area contributed by atoms with Crippen molar-refractivity contribution in [2.24, 2.45) is 0 Å². The zero-order chi connectivity index (χ0) is 3.58. The first kappa shape index (κ1) is 15.9. The normalized spacial score (nSPS) is 4.17. The van der Waals surface area contributed by atoms with Gasteiger partial charge in [-0.3, -0.25) is 4.79 Å². The van der Waals surface area contributed by atoms with Gasteiger partial charge in [-0.2, -0.15) is 0 Å². The van der Waals surface area contributed by atoms with Crippen LogP contribution in [0.4, 0.5) is 0 Å². The van der Waals surface area contributed by atoms with Crippen molar-refractivity contribution in [2.45, 2.75) is 6.92 Å². The van der Waals surface area contributed by atoms with Crippen molar-refractivity contribution in [2.75, 3.05) is 0 Å². The maximum atomic E-state index is 9.00. The van der Waals surface area contributed by atoms with E-state index >= 15 is 0 Å². The van der Waals surface area contributed by atoms with Crippen LogP contribution < -0.4 is 0 Å². The number of aliphatic carboxylic acids is 1. The second-order valence-corrected chi connectivity index (χ2v) is 0.519. The van der Waals surface area contributed by atoms with Gasteiger partial charge in [-0.1, -0.05) is 0 Å². The van der Waals surface area contributed by atoms with Crippen LogP contribution in [0.3, 0.4) is 0 Å². The van der Waals surface area contributed by atoms with Gasteiger partial charge in [0.15, 0.2) is 0 Å². The fraction of sp³-hybridized carbons (Fsp3) is 0.500. The van der Waals surface area contributed by atoms with E-state index in [0.29, 0.717) is 0 Å². The van der Waals surface area contributed by atoms with Crippen molar-refractivity contribution < 1.29 is 54.0 Å².